The van der Waals surface area contributed by atoms with Crippen LogP contribution in [0.4, 0.5) is 11.4 Å². The molecule has 3 aromatic rings. The second-order valence-electron chi connectivity index (χ2n) is 6.02. The summed E-state index contributed by atoms with van der Waals surface area (Å²) in [5, 5.41) is 4.53. The zero-order chi connectivity index (χ0) is 19.3. The molecular weight excluding hydrogens is 380 g/mol. The largest absolute Gasteiger partial charge is 0.322 e. The Morgan fingerprint density at radius 2 is 1.78 bits per heavy atom. The summed E-state index contributed by atoms with van der Waals surface area (Å²) in [6.07, 6.45) is 2.07. The van der Waals surface area contributed by atoms with Crippen molar-refractivity contribution >= 4 is 38.6 Å². The lowest BCUT2D eigenvalue weighted by molar-refractivity contribution is 0.102. The van der Waals surface area contributed by atoms with Crippen molar-refractivity contribution in [1.29, 1.82) is 0 Å². The molecule has 1 amide bonds. The number of carbonyl (C=O) groups excluding carboxylic acids is 1. The van der Waals surface area contributed by atoms with Crippen LogP contribution in [0.1, 0.15) is 29.3 Å². The molecule has 5 nitrogen and oxygen atoms in total. The van der Waals surface area contributed by atoms with Crippen LogP contribution in [-0.2, 0) is 16.4 Å². The summed E-state index contributed by atoms with van der Waals surface area (Å²) in [5.41, 5.74) is 2.64. The lowest BCUT2D eigenvalue weighted by Crippen LogP contribution is -2.14. The van der Waals surface area contributed by atoms with Gasteiger partial charge < -0.3 is 5.32 Å². The molecule has 0 fully saturated rings. The monoisotopic (exact) mass is 400 g/mol. The summed E-state index contributed by atoms with van der Waals surface area (Å²) in [5.74, 6) is -0.296. The maximum Gasteiger partial charge on any atom is 0.271 e. The number of rotatable bonds is 7. The predicted octanol–water partition coefficient (Wildman–Crippen LogP) is 4.75. The molecule has 0 atom stereocenters. The number of aryl methyl sites for hydroxylation is 1. The second-order valence-corrected chi connectivity index (χ2v) is 8.88. The van der Waals surface area contributed by atoms with Crippen molar-refractivity contribution in [3.8, 4) is 0 Å². The first kappa shape index (κ1) is 19.1. The van der Waals surface area contributed by atoms with Crippen molar-refractivity contribution < 1.29 is 13.2 Å². The first-order valence-corrected chi connectivity index (χ1v) is 10.9. The molecule has 2 N–H and O–H groups in total. The Hall–Kier alpha value is -2.64. The fourth-order valence-corrected chi connectivity index (χ4v) is 4.63. The Bertz CT molecular complexity index is 1010. The SMILES string of the molecule is CCCc1ccc(NC(=O)c2cccc(NS(=O)(=O)c3cccs3)c2)cc1. The lowest BCUT2D eigenvalue weighted by atomic mass is 10.1. The standard InChI is InChI=1S/C20H20N2O3S2/c1-2-5-15-9-11-17(12-10-15)21-20(23)16-6-3-7-18(14-16)22-27(24,25)19-8-4-13-26-19/h3-4,6-14,22H,2,5H2,1H3,(H,21,23). The average molecular weight is 401 g/mol. The van der Waals surface area contributed by atoms with Crippen molar-refractivity contribution in [3.05, 3.63) is 77.2 Å². The summed E-state index contributed by atoms with van der Waals surface area (Å²) in [6, 6.07) is 17.3. The Morgan fingerprint density at radius 3 is 2.44 bits per heavy atom. The average Bonchev–Trinajstić information content (AvgIpc) is 3.19. The van der Waals surface area contributed by atoms with Gasteiger partial charge in [-0.3, -0.25) is 9.52 Å². The molecule has 0 bridgehead atoms. The minimum Gasteiger partial charge on any atom is -0.322 e. The molecule has 1 heterocycles. The van der Waals surface area contributed by atoms with Crippen molar-refractivity contribution in [2.45, 2.75) is 24.0 Å². The zero-order valence-electron chi connectivity index (χ0n) is 14.8. The van der Waals surface area contributed by atoms with E-state index in [4.69, 9.17) is 0 Å². The first-order valence-electron chi connectivity index (χ1n) is 8.54. The van der Waals surface area contributed by atoms with Gasteiger partial charge in [-0.1, -0.05) is 37.6 Å². The second kappa shape index (κ2) is 8.37. The van der Waals surface area contributed by atoms with Gasteiger partial charge in [0.15, 0.2) is 0 Å². The molecule has 2 aromatic carbocycles. The van der Waals surface area contributed by atoms with Crippen LogP contribution in [0.15, 0.2) is 70.3 Å². The van der Waals surface area contributed by atoms with E-state index in [2.05, 4.69) is 17.0 Å². The Balaban J connectivity index is 1.72. The molecule has 27 heavy (non-hydrogen) atoms. The summed E-state index contributed by atoms with van der Waals surface area (Å²) in [6.45, 7) is 2.12. The van der Waals surface area contributed by atoms with Crippen LogP contribution in [0.2, 0.25) is 0 Å². The topological polar surface area (TPSA) is 75.3 Å². The fraction of sp³-hybridized carbons (Fsp3) is 0.150. The van der Waals surface area contributed by atoms with Crippen LogP contribution in [0.5, 0.6) is 0 Å². The Labute approximate surface area is 163 Å². The molecule has 3 rings (SSSR count). The van der Waals surface area contributed by atoms with Gasteiger partial charge in [-0.15, -0.1) is 11.3 Å². The van der Waals surface area contributed by atoms with Crippen molar-refractivity contribution in [2.75, 3.05) is 10.0 Å². The van der Waals surface area contributed by atoms with E-state index in [-0.39, 0.29) is 10.1 Å². The smallest absolute Gasteiger partial charge is 0.271 e. The summed E-state index contributed by atoms with van der Waals surface area (Å²) < 4.78 is 27.4. The predicted molar refractivity (Wildman–Crippen MR) is 110 cm³/mol. The molecule has 0 saturated carbocycles. The molecule has 1 aromatic heterocycles. The van der Waals surface area contributed by atoms with E-state index in [0.29, 0.717) is 16.9 Å². The number of anilines is 2. The maximum atomic E-state index is 12.5. The minimum absolute atomic E-state index is 0.226. The summed E-state index contributed by atoms with van der Waals surface area (Å²) in [4.78, 5) is 12.5. The normalized spacial score (nSPS) is 11.1. The van der Waals surface area contributed by atoms with Gasteiger partial charge in [-0.25, -0.2) is 8.42 Å². The number of amides is 1. The Kier molecular flexibility index (Phi) is 5.93. The van der Waals surface area contributed by atoms with Gasteiger partial charge in [0.2, 0.25) is 0 Å². The number of hydrogen-bond acceptors (Lipinski definition) is 4. The summed E-state index contributed by atoms with van der Waals surface area (Å²) >= 11 is 1.14. The number of benzene rings is 2. The van der Waals surface area contributed by atoms with E-state index >= 15 is 0 Å². The third kappa shape index (κ3) is 4.96. The maximum absolute atomic E-state index is 12.5. The van der Waals surface area contributed by atoms with E-state index in [0.717, 1.165) is 24.2 Å². The van der Waals surface area contributed by atoms with Gasteiger partial charge in [0.1, 0.15) is 4.21 Å². The molecule has 0 aliphatic rings. The Morgan fingerprint density at radius 1 is 1.00 bits per heavy atom. The highest BCUT2D eigenvalue weighted by atomic mass is 32.2. The van der Waals surface area contributed by atoms with Gasteiger partial charge >= 0.3 is 0 Å². The van der Waals surface area contributed by atoms with Crippen LogP contribution >= 0.6 is 11.3 Å². The first-order chi connectivity index (χ1) is 13.0. The third-order valence-corrected chi connectivity index (χ3v) is 6.67. The zero-order valence-corrected chi connectivity index (χ0v) is 16.4. The molecule has 0 spiro atoms. The van der Waals surface area contributed by atoms with Crippen molar-refractivity contribution in [3.63, 3.8) is 0 Å². The molecule has 0 unspecified atom stereocenters. The van der Waals surface area contributed by atoms with Crippen LogP contribution < -0.4 is 10.0 Å². The van der Waals surface area contributed by atoms with Crippen LogP contribution in [0.25, 0.3) is 0 Å². The molecule has 0 saturated heterocycles. The van der Waals surface area contributed by atoms with Crippen molar-refractivity contribution in [2.24, 2.45) is 0 Å². The lowest BCUT2D eigenvalue weighted by Gasteiger charge is -2.09. The number of thiophene rings is 1. The number of carbonyl (C=O) groups is 1. The van der Waals surface area contributed by atoms with E-state index in [9.17, 15) is 13.2 Å². The fourth-order valence-electron chi connectivity index (χ4n) is 2.59. The van der Waals surface area contributed by atoms with Crippen LogP contribution in [0, 0.1) is 0 Å². The van der Waals surface area contributed by atoms with Gasteiger partial charge in [0, 0.05) is 16.9 Å². The van der Waals surface area contributed by atoms with E-state index in [1.165, 1.54) is 17.7 Å². The van der Waals surface area contributed by atoms with E-state index in [1.54, 1.807) is 29.6 Å². The number of nitrogens with one attached hydrogen (secondary N) is 2. The highest BCUT2D eigenvalue weighted by Gasteiger charge is 2.16. The number of sulfonamides is 1. The van der Waals surface area contributed by atoms with Gasteiger partial charge in [-0.2, -0.15) is 0 Å². The van der Waals surface area contributed by atoms with E-state index < -0.39 is 10.0 Å². The van der Waals surface area contributed by atoms with Gasteiger partial charge in [0.25, 0.3) is 15.9 Å². The highest BCUT2D eigenvalue weighted by Crippen LogP contribution is 2.21. The highest BCUT2D eigenvalue weighted by molar-refractivity contribution is 7.94. The van der Waals surface area contributed by atoms with Crippen LogP contribution in [0.3, 0.4) is 0 Å². The van der Waals surface area contributed by atoms with Crippen LogP contribution in [-0.4, -0.2) is 14.3 Å². The van der Waals surface area contributed by atoms with E-state index in [1.807, 2.05) is 24.3 Å². The molecular formula is C20H20N2O3S2. The quantitative estimate of drug-likeness (QED) is 0.601. The molecule has 140 valence electrons. The number of hydrogen-bond donors (Lipinski definition) is 2. The summed E-state index contributed by atoms with van der Waals surface area (Å²) in [7, 11) is -3.64. The third-order valence-electron chi connectivity index (χ3n) is 3.89. The molecule has 0 radical (unpaired) electrons. The van der Waals surface area contributed by atoms with Crippen molar-refractivity contribution in [1.82, 2.24) is 0 Å². The molecule has 7 heteroatoms. The molecule has 0 aliphatic carbocycles. The van der Waals surface area contributed by atoms with Gasteiger partial charge in [0.05, 0.1) is 0 Å². The molecule has 0 aliphatic heterocycles. The van der Waals surface area contributed by atoms with Gasteiger partial charge in [-0.05, 0) is 53.8 Å². The minimum atomic E-state index is -3.64.